The third-order valence-electron chi connectivity index (χ3n) is 5.91. The maximum atomic E-state index is 12.9. The van der Waals surface area contributed by atoms with E-state index in [-0.39, 0.29) is 5.91 Å². The van der Waals surface area contributed by atoms with E-state index in [1.54, 1.807) is 12.4 Å². The molecule has 0 spiro atoms. The Bertz CT molecular complexity index is 1250. The number of aromatic nitrogens is 4. The number of carbonyl (C=O) groups excluding carboxylic acids is 1. The number of rotatable bonds is 5. The molecule has 2 aromatic heterocycles. The molecule has 1 amide bonds. The fourth-order valence-corrected chi connectivity index (χ4v) is 3.95. The van der Waals surface area contributed by atoms with Crippen molar-refractivity contribution in [3.05, 3.63) is 72.6 Å². The molecule has 33 heavy (non-hydrogen) atoms. The minimum Gasteiger partial charge on any atom is -0.415 e. The molecule has 3 heterocycles. The zero-order valence-electron chi connectivity index (χ0n) is 18.5. The second-order valence-electron chi connectivity index (χ2n) is 8.30. The molecule has 0 unspecified atom stereocenters. The molecule has 166 valence electrons. The summed E-state index contributed by atoms with van der Waals surface area (Å²) in [6.45, 7) is 1.54. The quantitative estimate of drug-likeness (QED) is 0.468. The monoisotopic (exact) mass is 440 g/mol. The van der Waals surface area contributed by atoms with Crippen molar-refractivity contribution in [2.24, 2.45) is 0 Å². The minimum atomic E-state index is 0.0602. The number of likely N-dealkylation sites (tertiary alicyclic amines) is 1. The molecule has 2 aromatic carbocycles. The molecule has 1 fully saturated rings. The number of nitrogens with zero attached hydrogens (tertiary/aromatic N) is 6. The van der Waals surface area contributed by atoms with Crippen LogP contribution in [0.15, 0.2) is 71.4 Å². The largest absolute Gasteiger partial charge is 0.415 e. The van der Waals surface area contributed by atoms with Gasteiger partial charge in [-0.25, -0.2) is 4.98 Å². The van der Waals surface area contributed by atoms with Crippen LogP contribution in [-0.2, 0) is 0 Å². The molecular formula is C25H24N6O2. The summed E-state index contributed by atoms with van der Waals surface area (Å²) in [6.07, 6.45) is 4.27. The van der Waals surface area contributed by atoms with E-state index in [0.29, 0.717) is 34.8 Å². The van der Waals surface area contributed by atoms with Crippen molar-refractivity contribution in [1.29, 1.82) is 0 Å². The van der Waals surface area contributed by atoms with Crippen molar-refractivity contribution in [3.63, 3.8) is 0 Å². The number of carbonyl (C=O) groups is 1. The Kier molecular flexibility index (Phi) is 5.66. The van der Waals surface area contributed by atoms with Gasteiger partial charge in [0.25, 0.3) is 11.8 Å². The first-order valence-electron chi connectivity index (χ1n) is 10.9. The van der Waals surface area contributed by atoms with Crippen molar-refractivity contribution >= 4 is 5.91 Å². The summed E-state index contributed by atoms with van der Waals surface area (Å²) >= 11 is 0. The van der Waals surface area contributed by atoms with Gasteiger partial charge in [0.2, 0.25) is 5.89 Å². The third-order valence-corrected chi connectivity index (χ3v) is 5.91. The number of likely N-dealkylation sites (N-methyl/N-ethyl adjacent to an activating group) is 1. The molecule has 0 saturated carbocycles. The topological polar surface area (TPSA) is 88.2 Å². The van der Waals surface area contributed by atoms with Crippen LogP contribution in [0.25, 0.3) is 34.3 Å². The zero-order chi connectivity index (χ0) is 22.8. The van der Waals surface area contributed by atoms with E-state index in [4.69, 9.17) is 4.42 Å². The number of hydrogen-bond acceptors (Lipinski definition) is 7. The van der Waals surface area contributed by atoms with Crippen molar-refractivity contribution in [3.8, 4) is 34.3 Å². The predicted octanol–water partition coefficient (Wildman–Crippen LogP) is 3.64. The van der Waals surface area contributed by atoms with E-state index >= 15 is 0 Å². The van der Waals surface area contributed by atoms with Gasteiger partial charge in [-0.05, 0) is 44.8 Å². The van der Waals surface area contributed by atoms with E-state index < -0.39 is 0 Å². The standard InChI is InChI=1S/C25H24N6O2/c1-30(2)20-12-13-31(16-20)25(32)19-10-8-17(9-11-19)21-14-26-15-22(27-21)24-29-28-23(33-24)18-6-4-3-5-7-18/h3-11,14-15,20H,12-13,16H2,1-2H3/t20-/m1/s1. The van der Waals surface area contributed by atoms with Crippen LogP contribution in [0.5, 0.6) is 0 Å². The summed E-state index contributed by atoms with van der Waals surface area (Å²) in [6, 6.07) is 17.5. The summed E-state index contributed by atoms with van der Waals surface area (Å²) in [5.41, 5.74) is 3.53. The maximum absolute atomic E-state index is 12.9. The van der Waals surface area contributed by atoms with Crippen molar-refractivity contribution in [1.82, 2.24) is 30.0 Å². The summed E-state index contributed by atoms with van der Waals surface area (Å²) < 4.78 is 5.80. The Hall–Kier alpha value is -3.91. The van der Waals surface area contributed by atoms with Crippen LogP contribution in [0.3, 0.4) is 0 Å². The van der Waals surface area contributed by atoms with Crippen LogP contribution in [0.2, 0.25) is 0 Å². The molecule has 0 bridgehead atoms. The minimum absolute atomic E-state index is 0.0602. The molecule has 1 saturated heterocycles. The highest BCUT2D eigenvalue weighted by Crippen LogP contribution is 2.25. The zero-order valence-corrected chi connectivity index (χ0v) is 18.5. The van der Waals surface area contributed by atoms with E-state index in [1.807, 2.05) is 59.5 Å². The maximum Gasteiger partial charge on any atom is 0.268 e. The van der Waals surface area contributed by atoms with Gasteiger partial charge in [0.1, 0.15) is 5.69 Å². The van der Waals surface area contributed by atoms with Gasteiger partial charge in [0.05, 0.1) is 18.1 Å². The number of amides is 1. The first-order valence-corrected chi connectivity index (χ1v) is 10.9. The van der Waals surface area contributed by atoms with Gasteiger partial charge >= 0.3 is 0 Å². The van der Waals surface area contributed by atoms with Crippen LogP contribution in [0, 0.1) is 0 Å². The molecule has 0 radical (unpaired) electrons. The second kappa shape index (κ2) is 8.91. The average molecular weight is 441 g/mol. The molecule has 5 rings (SSSR count). The molecule has 1 aliphatic heterocycles. The second-order valence-corrected chi connectivity index (χ2v) is 8.30. The van der Waals surface area contributed by atoms with E-state index in [2.05, 4.69) is 39.2 Å². The summed E-state index contributed by atoms with van der Waals surface area (Å²) in [7, 11) is 4.11. The lowest BCUT2D eigenvalue weighted by Crippen LogP contribution is -2.34. The van der Waals surface area contributed by atoms with Gasteiger partial charge in [0, 0.05) is 35.8 Å². The van der Waals surface area contributed by atoms with Gasteiger partial charge < -0.3 is 14.2 Å². The fraction of sp³-hybridized carbons (Fsp3) is 0.240. The summed E-state index contributed by atoms with van der Waals surface area (Å²) in [4.78, 5) is 25.9. The molecule has 8 nitrogen and oxygen atoms in total. The fourth-order valence-electron chi connectivity index (χ4n) is 3.95. The van der Waals surface area contributed by atoms with E-state index in [9.17, 15) is 4.79 Å². The molecule has 0 N–H and O–H groups in total. The third kappa shape index (κ3) is 4.38. The van der Waals surface area contributed by atoms with E-state index in [0.717, 1.165) is 30.6 Å². The average Bonchev–Trinajstić information content (AvgIpc) is 3.55. The first kappa shape index (κ1) is 21.0. The Morgan fingerprint density at radius 3 is 2.39 bits per heavy atom. The van der Waals surface area contributed by atoms with Crippen molar-refractivity contribution in [2.45, 2.75) is 12.5 Å². The molecule has 1 atom stereocenters. The van der Waals surface area contributed by atoms with Crippen LogP contribution in [0.1, 0.15) is 16.8 Å². The molecular weight excluding hydrogens is 416 g/mol. The molecule has 0 aliphatic carbocycles. The highest BCUT2D eigenvalue weighted by molar-refractivity contribution is 5.94. The smallest absolute Gasteiger partial charge is 0.268 e. The van der Waals surface area contributed by atoms with Crippen LogP contribution >= 0.6 is 0 Å². The Labute approximate surface area is 191 Å². The highest BCUT2D eigenvalue weighted by Gasteiger charge is 2.28. The number of benzene rings is 2. The first-order chi connectivity index (χ1) is 16.1. The van der Waals surface area contributed by atoms with Crippen molar-refractivity contribution in [2.75, 3.05) is 27.2 Å². The van der Waals surface area contributed by atoms with Crippen LogP contribution in [-0.4, -0.2) is 69.1 Å². The summed E-state index contributed by atoms with van der Waals surface area (Å²) in [5.74, 6) is 0.795. The molecule has 4 aromatic rings. The van der Waals surface area contributed by atoms with E-state index in [1.165, 1.54) is 0 Å². The lowest BCUT2D eigenvalue weighted by atomic mass is 10.1. The summed E-state index contributed by atoms with van der Waals surface area (Å²) in [5, 5.41) is 8.25. The van der Waals surface area contributed by atoms with Crippen molar-refractivity contribution < 1.29 is 9.21 Å². The molecule has 1 aliphatic rings. The van der Waals surface area contributed by atoms with Crippen LogP contribution in [0.4, 0.5) is 0 Å². The SMILES string of the molecule is CN(C)[C@@H]1CCN(C(=O)c2ccc(-c3cncc(-c4nnc(-c5ccccc5)o4)n3)cc2)C1. The van der Waals surface area contributed by atoms with Gasteiger partial charge in [-0.1, -0.05) is 30.3 Å². The van der Waals surface area contributed by atoms with Crippen LogP contribution < -0.4 is 0 Å². The normalized spacial score (nSPS) is 15.8. The van der Waals surface area contributed by atoms with Gasteiger partial charge in [-0.3, -0.25) is 9.78 Å². The van der Waals surface area contributed by atoms with Gasteiger partial charge in [-0.15, -0.1) is 10.2 Å². The molecule has 8 heteroatoms. The lowest BCUT2D eigenvalue weighted by Gasteiger charge is -2.20. The Morgan fingerprint density at radius 2 is 1.67 bits per heavy atom. The Morgan fingerprint density at radius 1 is 0.939 bits per heavy atom. The van der Waals surface area contributed by atoms with Gasteiger partial charge in [-0.2, -0.15) is 0 Å². The predicted molar refractivity (Wildman–Crippen MR) is 124 cm³/mol. The lowest BCUT2D eigenvalue weighted by molar-refractivity contribution is 0.0783. The number of hydrogen-bond donors (Lipinski definition) is 0. The Balaban J connectivity index is 1.33. The highest BCUT2D eigenvalue weighted by atomic mass is 16.4. The van der Waals surface area contributed by atoms with Gasteiger partial charge in [0.15, 0.2) is 0 Å².